The maximum absolute atomic E-state index is 11.4. The lowest BCUT2D eigenvalue weighted by Gasteiger charge is -2.05. The highest BCUT2D eigenvalue weighted by atomic mass is 16.1. The molecular weight excluding hydrogens is 264 g/mol. The van der Waals surface area contributed by atoms with Crippen LogP contribution in [0.2, 0.25) is 0 Å². The number of hydrogen-bond donors (Lipinski definition) is 1. The van der Waals surface area contributed by atoms with E-state index in [1.165, 1.54) is 6.92 Å². The zero-order chi connectivity index (χ0) is 15.2. The summed E-state index contributed by atoms with van der Waals surface area (Å²) in [6.45, 7) is 3.59. The van der Waals surface area contributed by atoms with Crippen LogP contribution in [0, 0.1) is 0 Å². The van der Waals surface area contributed by atoms with Gasteiger partial charge in [0.2, 0.25) is 5.91 Å². The molecule has 0 radical (unpaired) electrons. The largest absolute Gasteiger partial charge is 0.352 e. The Bertz CT molecular complexity index is 648. The van der Waals surface area contributed by atoms with Crippen molar-refractivity contribution in [2.24, 2.45) is 0 Å². The van der Waals surface area contributed by atoms with Gasteiger partial charge in [0.15, 0.2) is 5.78 Å². The molecule has 108 valence electrons. The van der Waals surface area contributed by atoms with Crippen molar-refractivity contribution in [3.05, 3.63) is 65.0 Å². The van der Waals surface area contributed by atoms with Crippen molar-refractivity contribution in [2.75, 3.05) is 0 Å². The molecule has 0 aliphatic carbocycles. The molecule has 1 heterocycles. The lowest BCUT2D eigenvalue weighted by atomic mass is 10.0. The monoisotopic (exact) mass is 282 g/mol. The van der Waals surface area contributed by atoms with Crippen LogP contribution in [0.4, 0.5) is 0 Å². The number of Topliss-reactive ketones (excluding diaryl/α,β-unsaturated/α-hetero) is 1. The number of nitrogens with one attached hydrogen (secondary N) is 1. The fraction of sp³-hybridized carbons (Fsp3) is 0.235. The average Bonchev–Trinajstić information content (AvgIpc) is 2.47. The van der Waals surface area contributed by atoms with E-state index in [0.717, 1.165) is 16.8 Å². The maximum atomic E-state index is 11.4. The van der Waals surface area contributed by atoms with Gasteiger partial charge in [0.05, 0.1) is 0 Å². The lowest BCUT2D eigenvalue weighted by molar-refractivity contribution is -0.119. The topological polar surface area (TPSA) is 59.1 Å². The van der Waals surface area contributed by atoms with Gasteiger partial charge in [-0.25, -0.2) is 0 Å². The van der Waals surface area contributed by atoms with Crippen LogP contribution in [0.3, 0.4) is 0 Å². The van der Waals surface area contributed by atoms with Crippen LogP contribution in [-0.2, 0) is 17.8 Å². The summed E-state index contributed by atoms with van der Waals surface area (Å²) in [5.41, 5.74) is 3.73. The van der Waals surface area contributed by atoms with Gasteiger partial charge in [-0.1, -0.05) is 24.3 Å². The van der Waals surface area contributed by atoms with Crippen molar-refractivity contribution in [1.29, 1.82) is 0 Å². The van der Waals surface area contributed by atoms with Crippen LogP contribution in [0.15, 0.2) is 42.6 Å². The molecule has 0 saturated heterocycles. The molecule has 1 amide bonds. The molecule has 2 rings (SSSR count). The average molecular weight is 282 g/mol. The number of amides is 1. The first kappa shape index (κ1) is 14.9. The van der Waals surface area contributed by atoms with Crippen LogP contribution in [0.25, 0.3) is 0 Å². The molecule has 0 aliphatic rings. The summed E-state index contributed by atoms with van der Waals surface area (Å²) in [7, 11) is 0. The number of carbonyl (C=O) groups is 2. The predicted molar refractivity (Wildman–Crippen MR) is 81.0 cm³/mol. The fourth-order valence-electron chi connectivity index (χ4n) is 2.00. The Morgan fingerprint density at radius 3 is 2.33 bits per heavy atom. The second-order valence-electron chi connectivity index (χ2n) is 5.00. The van der Waals surface area contributed by atoms with Gasteiger partial charge in [0.25, 0.3) is 0 Å². The first-order chi connectivity index (χ1) is 10.0. The third-order valence-corrected chi connectivity index (χ3v) is 3.17. The smallest absolute Gasteiger partial charge is 0.217 e. The van der Waals surface area contributed by atoms with Gasteiger partial charge in [-0.2, -0.15) is 0 Å². The SMILES string of the molecule is CC(=O)NCc1ccc(Cc2cc(C(C)=O)ccn2)cc1. The van der Waals surface area contributed by atoms with Crippen molar-refractivity contribution < 1.29 is 9.59 Å². The first-order valence-electron chi connectivity index (χ1n) is 6.82. The Morgan fingerprint density at radius 1 is 1.05 bits per heavy atom. The van der Waals surface area contributed by atoms with E-state index in [2.05, 4.69) is 10.3 Å². The zero-order valence-electron chi connectivity index (χ0n) is 12.2. The summed E-state index contributed by atoms with van der Waals surface area (Å²) < 4.78 is 0. The quantitative estimate of drug-likeness (QED) is 0.857. The van der Waals surface area contributed by atoms with E-state index >= 15 is 0 Å². The molecule has 21 heavy (non-hydrogen) atoms. The highest BCUT2D eigenvalue weighted by molar-refractivity contribution is 5.94. The molecule has 0 aliphatic heterocycles. The number of nitrogens with zero attached hydrogens (tertiary/aromatic N) is 1. The van der Waals surface area contributed by atoms with Gasteiger partial charge >= 0.3 is 0 Å². The third kappa shape index (κ3) is 4.53. The molecule has 1 aromatic heterocycles. The number of aromatic nitrogens is 1. The van der Waals surface area contributed by atoms with Crippen molar-refractivity contribution in [3.63, 3.8) is 0 Å². The Kier molecular flexibility index (Phi) is 4.82. The molecule has 0 unspecified atom stereocenters. The van der Waals surface area contributed by atoms with Crippen LogP contribution < -0.4 is 5.32 Å². The van der Waals surface area contributed by atoms with E-state index in [-0.39, 0.29) is 11.7 Å². The highest BCUT2D eigenvalue weighted by Crippen LogP contribution is 2.11. The molecule has 0 spiro atoms. The number of carbonyl (C=O) groups excluding carboxylic acids is 2. The summed E-state index contributed by atoms with van der Waals surface area (Å²) >= 11 is 0. The number of hydrogen-bond acceptors (Lipinski definition) is 3. The number of ketones is 1. The van der Waals surface area contributed by atoms with Gasteiger partial charge < -0.3 is 5.32 Å². The summed E-state index contributed by atoms with van der Waals surface area (Å²) in [6, 6.07) is 11.6. The van der Waals surface area contributed by atoms with E-state index in [1.807, 2.05) is 30.3 Å². The normalized spacial score (nSPS) is 10.2. The zero-order valence-corrected chi connectivity index (χ0v) is 12.2. The fourth-order valence-corrected chi connectivity index (χ4v) is 2.00. The van der Waals surface area contributed by atoms with Crippen LogP contribution >= 0.6 is 0 Å². The van der Waals surface area contributed by atoms with Crippen LogP contribution in [-0.4, -0.2) is 16.7 Å². The Labute approximate surface area is 124 Å². The van der Waals surface area contributed by atoms with Gasteiger partial charge in [-0.3, -0.25) is 14.6 Å². The van der Waals surface area contributed by atoms with E-state index in [9.17, 15) is 9.59 Å². The number of pyridine rings is 1. The van der Waals surface area contributed by atoms with Gasteiger partial charge in [-0.05, 0) is 30.2 Å². The summed E-state index contributed by atoms with van der Waals surface area (Å²) in [5.74, 6) is 0.00799. The van der Waals surface area contributed by atoms with E-state index in [0.29, 0.717) is 18.5 Å². The minimum absolute atomic E-state index is 0.0377. The molecule has 2 aromatic rings. The minimum Gasteiger partial charge on any atom is -0.352 e. The van der Waals surface area contributed by atoms with Gasteiger partial charge in [-0.15, -0.1) is 0 Å². The molecule has 4 nitrogen and oxygen atoms in total. The van der Waals surface area contributed by atoms with Crippen LogP contribution in [0.5, 0.6) is 0 Å². The molecular formula is C17H18N2O2. The van der Waals surface area contributed by atoms with Gasteiger partial charge in [0.1, 0.15) is 0 Å². The Balaban J connectivity index is 2.04. The minimum atomic E-state index is -0.0377. The molecule has 0 atom stereocenters. The Morgan fingerprint density at radius 2 is 1.71 bits per heavy atom. The van der Waals surface area contributed by atoms with Crippen LogP contribution in [0.1, 0.15) is 41.0 Å². The summed E-state index contributed by atoms with van der Waals surface area (Å²) in [6.07, 6.45) is 2.35. The van der Waals surface area contributed by atoms with Crippen molar-refractivity contribution >= 4 is 11.7 Å². The Hall–Kier alpha value is -2.49. The van der Waals surface area contributed by atoms with Crippen molar-refractivity contribution in [3.8, 4) is 0 Å². The van der Waals surface area contributed by atoms with Gasteiger partial charge in [0, 0.05) is 37.3 Å². The molecule has 0 saturated carbocycles. The lowest BCUT2D eigenvalue weighted by Crippen LogP contribution is -2.18. The van der Waals surface area contributed by atoms with E-state index in [4.69, 9.17) is 0 Å². The number of rotatable bonds is 5. The molecule has 1 N–H and O–H groups in total. The predicted octanol–water partition coefficient (Wildman–Crippen LogP) is 2.51. The van der Waals surface area contributed by atoms with E-state index in [1.54, 1.807) is 19.2 Å². The summed E-state index contributed by atoms with van der Waals surface area (Å²) in [4.78, 5) is 26.5. The molecule has 0 fully saturated rings. The highest BCUT2D eigenvalue weighted by Gasteiger charge is 2.03. The number of benzene rings is 1. The molecule has 4 heteroatoms. The van der Waals surface area contributed by atoms with Crippen molar-refractivity contribution in [2.45, 2.75) is 26.8 Å². The van der Waals surface area contributed by atoms with Crippen molar-refractivity contribution in [1.82, 2.24) is 10.3 Å². The maximum Gasteiger partial charge on any atom is 0.217 e. The molecule has 1 aromatic carbocycles. The van der Waals surface area contributed by atoms with E-state index < -0.39 is 0 Å². The first-order valence-corrected chi connectivity index (χ1v) is 6.82. The summed E-state index contributed by atoms with van der Waals surface area (Å²) in [5, 5.41) is 2.76. The standard InChI is InChI=1S/C17H18N2O2/c1-12(20)16-7-8-18-17(10-16)9-14-3-5-15(6-4-14)11-19-13(2)21/h3-8,10H,9,11H2,1-2H3,(H,19,21). The second-order valence-corrected chi connectivity index (χ2v) is 5.00. The second kappa shape index (κ2) is 6.79. The third-order valence-electron chi connectivity index (χ3n) is 3.17. The molecule has 0 bridgehead atoms.